The van der Waals surface area contributed by atoms with Gasteiger partial charge in [0.15, 0.2) is 0 Å². The predicted octanol–water partition coefficient (Wildman–Crippen LogP) is 4.60. The summed E-state index contributed by atoms with van der Waals surface area (Å²) in [6.45, 7) is 1.87. The Bertz CT molecular complexity index is 1100. The molecule has 30 heavy (non-hydrogen) atoms. The Labute approximate surface area is 175 Å². The largest absolute Gasteiger partial charge is 0.453 e. The van der Waals surface area contributed by atoms with E-state index in [2.05, 4.69) is 20.5 Å². The van der Waals surface area contributed by atoms with Crippen LogP contribution in [0.15, 0.2) is 42.5 Å². The number of amides is 2. The third-order valence-electron chi connectivity index (χ3n) is 4.18. The average Bonchev–Trinajstić information content (AvgIpc) is 2.99. The lowest BCUT2D eigenvalue weighted by Crippen LogP contribution is -2.15. The monoisotopic (exact) mass is 434 g/mol. The third-order valence-corrected chi connectivity index (χ3v) is 4.57. The number of halogens is 3. The third kappa shape index (κ3) is 4.74. The molecule has 1 aromatic heterocycles. The standard InChI is InChI=1S/C20H17ClF2N4O3/c1-11-17(18(21)27(26-11)10-12-3-5-13(22)6-4-12)19(28)24-14-7-8-15(23)16(9-14)25-20(29)30-2/h3-9H,10H2,1-2H3,(H,24,28)(H,25,29). The van der Waals surface area contributed by atoms with Crippen molar-refractivity contribution in [3.63, 3.8) is 0 Å². The molecule has 10 heteroatoms. The summed E-state index contributed by atoms with van der Waals surface area (Å²) >= 11 is 6.35. The number of ether oxygens (including phenoxy) is 1. The van der Waals surface area contributed by atoms with Crippen LogP contribution in [0.3, 0.4) is 0 Å². The van der Waals surface area contributed by atoms with E-state index < -0.39 is 17.8 Å². The van der Waals surface area contributed by atoms with Crippen molar-refractivity contribution < 1.29 is 23.1 Å². The second kappa shape index (κ2) is 8.91. The van der Waals surface area contributed by atoms with Gasteiger partial charge in [0.05, 0.1) is 30.6 Å². The Morgan fingerprint density at radius 2 is 1.83 bits per heavy atom. The lowest BCUT2D eigenvalue weighted by Gasteiger charge is -2.09. The van der Waals surface area contributed by atoms with Crippen LogP contribution in [0, 0.1) is 18.6 Å². The minimum atomic E-state index is -0.849. The number of nitrogens with zero attached hydrogens (tertiary/aromatic N) is 2. The maximum absolute atomic E-state index is 13.8. The van der Waals surface area contributed by atoms with Crippen LogP contribution in [-0.4, -0.2) is 28.9 Å². The lowest BCUT2D eigenvalue weighted by molar-refractivity contribution is 0.102. The Kier molecular flexibility index (Phi) is 6.31. The van der Waals surface area contributed by atoms with Crippen LogP contribution < -0.4 is 10.6 Å². The average molecular weight is 435 g/mol. The zero-order chi connectivity index (χ0) is 21.8. The molecule has 3 aromatic rings. The fraction of sp³-hybridized carbons (Fsp3) is 0.150. The molecule has 0 spiro atoms. The van der Waals surface area contributed by atoms with E-state index in [1.807, 2.05) is 0 Å². The minimum absolute atomic E-state index is 0.101. The number of benzene rings is 2. The minimum Gasteiger partial charge on any atom is -0.453 e. The molecule has 2 amide bonds. The first kappa shape index (κ1) is 21.3. The summed E-state index contributed by atoms with van der Waals surface area (Å²) in [5.74, 6) is -1.61. The Balaban J connectivity index is 1.80. The number of aromatic nitrogens is 2. The number of carbonyl (C=O) groups excluding carboxylic acids is 2. The molecule has 0 aliphatic heterocycles. The maximum Gasteiger partial charge on any atom is 0.411 e. The van der Waals surface area contributed by atoms with Crippen molar-refractivity contribution in [2.75, 3.05) is 17.7 Å². The smallest absolute Gasteiger partial charge is 0.411 e. The second-order valence-electron chi connectivity index (χ2n) is 6.30. The summed E-state index contributed by atoms with van der Waals surface area (Å²) in [6.07, 6.45) is -0.849. The van der Waals surface area contributed by atoms with Gasteiger partial charge in [-0.05, 0) is 42.8 Å². The topological polar surface area (TPSA) is 85.2 Å². The highest BCUT2D eigenvalue weighted by atomic mass is 35.5. The van der Waals surface area contributed by atoms with Crippen molar-refractivity contribution in [2.24, 2.45) is 0 Å². The summed E-state index contributed by atoms with van der Waals surface area (Å²) in [4.78, 5) is 24.0. The zero-order valence-electron chi connectivity index (χ0n) is 16.0. The summed E-state index contributed by atoms with van der Waals surface area (Å²) in [6, 6.07) is 9.50. The summed E-state index contributed by atoms with van der Waals surface area (Å²) in [7, 11) is 1.15. The first-order chi connectivity index (χ1) is 14.3. The molecular formula is C20H17ClF2N4O3. The molecule has 0 fully saturated rings. The van der Waals surface area contributed by atoms with E-state index in [1.165, 1.54) is 28.9 Å². The molecule has 156 valence electrons. The van der Waals surface area contributed by atoms with Crippen LogP contribution >= 0.6 is 11.6 Å². The van der Waals surface area contributed by atoms with Gasteiger partial charge < -0.3 is 10.1 Å². The molecule has 0 saturated carbocycles. The van der Waals surface area contributed by atoms with E-state index in [9.17, 15) is 18.4 Å². The van der Waals surface area contributed by atoms with Crippen LogP contribution in [-0.2, 0) is 11.3 Å². The van der Waals surface area contributed by atoms with Gasteiger partial charge >= 0.3 is 6.09 Å². The van der Waals surface area contributed by atoms with Crippen molar-refractivity contribution >= 4 is 35.0 Å². The SMILES string of the molecule is COC(=O)Nc1cc(NC(=O)c2c(C)nn(Cc3ccc(F)cc3)c2Cl)ccc1F. The lowest BCUT2D eigenvalue weighted by atomic mass is 10.2. The van der Waals surface area contributed by atoms with Gasteiger partial charge in [-0.25, -0.2) is 18.3 Å². The summed E-state index contributed by atoms with van der Waals surface area (Å²) in [5.41, 5.74) is 1.36. The number of hydrogen-bond acceptors (Lipinski definition) is 4. The van der Waals surface area contributed by atoms with Gasteiger partial charge in [-0.2, -0.15) is 5.10 Å². The van der Waals surface area contributed by atoms with Crippen molar-refractivity contribution in [1.82, 2.24) is 9.78 Å². The molecule has 0 saturated heterocycles. The molecule has 2 aromatic carbocycles. The number of nitrogens with one attached hydrogen (secondary N) is 2. The van der Waals surface area contributed by atoms with Gasteiger partial charge in [0.25, 0.3) is 5.91 Å². The zero-order valence-corrected chi connectivity index (χ0v) is 16.8. The van der Waals surface area contributed by atoms with E-state index in [0.717, 1.165) is 18.7 Å². The van der Waals surface area contributed by atoms with Gasteiger partial charge in [0, 0.05) is 5.69 Å². The van der Waals surface area contributed by atoms with Gasteiger partial charge in [-0.1, -0.05) is 23.7 Å². The van der Waals surface area contributed by atoms with Gasteiger partial charge in [-0.15, -0.1) is 0 Å². The van der Waals surface area contributed by atoms with E-state index in [1.54, 1.807) is 19.1 Å². The highest BCUT2D eigenvalue weighted by Gasteiger charge is 2.21. The number of carbonyl (C=O) groups is 2. The molecule has 2 N–H and O–H groups in total. The molecular weight excluding hydrogens is 418 g/mol. The Morgan fingerprint density at radius 1 is 1.13 bits per heavy atom. The molecule has 0 bridgehead atoms. The van der Waals surface area contributed by atoms with E-state index in [-0.39, 0.29) is 34.5 Å². The molecule has 0 aliphatic rings. The highest BCUT2D eigenvalue weighted by Crippen LogP contribution is 2.24. The maximum atomic E-state index is 13.8. The van der Waals surface area contributed by atoms with Crippen LogP contribution in [0.2, 0.25) is 5.15 Å². The fourth-order valence-corrected chi connectivity index (χ4v) is 3.05. The van der Waals surface area contributed by atoms with E-state index >= 15 is 0 Å². The van der Waals surface area contributed by atoms with E-state index in [4.69, 9.17) is 11.6 Å². The molecule has 7 nitrogen and oxygen atoms in total. The number of hydrogen-bond donors (Lipinski definition) is 2. The van der Waals surface area contributed by atoms with Crippen molar-refractivity contribution in [3.05, 3.63) is 76.1 Å². The molecule has 0 aliphatic carbocycles. The van der Waals surface area contributed by atoms with Gasteiger partial charge in [-0.3, -0.25) is 10.1 Å². The van der Waals surface area contributed by atoms with Crippen LogP contribution in [0.5, 0.6) is 0 Å². The quantitative estimate of drug-likeness (QED) is 0.614. The van der Waals surface area contributed by atoms with Gasteiger partial charge in [0.1, 0.15) is 16.8 Å². The van der Waals surface area contributed by atoms with Crippen molar-refractivity contribution in [3.8, 4) is 0 Å². The Hall–Kier alpha value is -3.46. The first-order valence-corrected chi connectivity index (χ1v) is 9.09. The van der Waals surface area contributed by atoms with Crippen LogP contribution in [0.4, 0.5) is 25.0 Å². The number of aryl methyl sites for hydroxylation is 1. The Morgan fingerprint density at radius 3 is 2.50 bits per heavy atom. The normalized spacial score (nSPS) is 10.6. The van der Waals surface area contributed by atoms with Crippen LogP contribution in [0.1, 0.15) is 21.6 Å². The predicted molar refractivity (Wildman–Crippen MR) is 108 cm³/mol. The highest BCUT2D eigenvalue weighted by molar-refractivity contribution is 6.33. The molecule has 0 atom stereocenters. The van der Waals surface area contributed by atoms with Gasteiger partial charge in [0.2, 0.25) is 0 Å². The molecule has 3 rings (SSSR count). The second-order valence-corrected chi connectivity index (χ2v) is 6.66. The summed E-state index contributed by atoms with van der Waals surface area (Å²) < 4.78 is 32.8. The number of rotatable bonds is 5. The van der Waals surface area contributed by atoms with Crippen molar-refractivity contribution in [2.45, 2.75) is 13.5 Å². The fourth-order valence-electron chi connectivity index (χ4n) is 2.73. The first-order valence-electron chi connectivity index (χ1n) is 8.71. The summed E-state index contributed by atoms with van der Waals surface area (Å²) in [5, 5.41) is 9.18. The number of methoxy groups -OCH3 is 1. The molecule has 1 heterocycles. The van der Waals surface area contributed by atoms with E-state index in [0.29, 0.717) is 5.69 Å². The molecule has 0 unspecified atom stereocenters. The molecule has 0 radical (unpaired) electrons. The van der Waals surface area contributed by atoms with Crippen molar-refractivity contribution in [1.29, 1.82) is 0 Å². The van der Waals surface area contributed by atoms with Crippen LogP contribution in [0.25, 0.3) is 0 Å². The number of anilines is 2.